The molecule has 0 bridgehead atoms. The maximum Gasteiger partial charge on any atom is 0.319 e. The van der Waals surface area contributed by atoms with Crippen molar-refractivity contribution in [3.63, 3.8) is 0 Å². The average molecular weight is 310 g/mol. The smallest absolute Gasteiger partial charge is 0.319 e. The molecule has 3 N–H and O–H groups in total. The minimum Gasteiger partial charge on any atom is -0.387 e. The summed E-state index contributed by atoms with van der Waals surface area (Å²) in [5.41, 5.74) is 0.104. The van der Waals surface area contributed by atoms with Gasteiger partial charge >= 0.3 is 6.03 Å². The van der Waals surface area contributed by atoms with Gasteiger partial charge in [-0.3, -0.25) is 0 Å². The van der Waals surface area contributed by atoms with E-state index in [1.54, 1.807) is 0 Å². The van der Waals surface area contributed by atoms with Gasteiger partial charge in [0.1, 0.15) is 5.82 Å². The SMILES string of the molecule is O=C(NCC(O)c1ccc(F)cc1)Nc1cccc(F)c1F. The van der Waals surface area contributed by atoms with Crippen molar-refractivity contribution in [3.8, 4) is 0 Å². The van der Waals surface area contributed by atoms with E-state index in [1.807, 2.05) is 0 Å². The molecule has 1 atom stereocenters. The first-order valence-corrected chi connectivity index (χ1v) is 6.40. The zero-order valence-corrected chi connectivity index (χ0v) is 11.3. The monoisotopic (exact) mass is 310 g/mol. The third-order valence-electron chi connectivity index (χ3n) is 2.91. The van der Waals surface area contributed by atoms with E-state index in [9.17, 15) is 23.1 Å². The van der Waals surface area contributed by atoms with Gasteiger partial charge in [-0.1, -0.05) is 18.2 Å². The normalized spacial score (nSPS) is 11.8. The molecule has 2 aromatic carbocycles. The Balaban J connectivity index is 1.90. The number of hydrogen-bond donors (Lipinski definition) is 3. The summed E-state index contributed by atoms with van der Waals surface area (Å²) >= 11 is 0. The van der Waals surface area contributed by atoms with Crippen molar-refractivity contribution in [3.05, 3.63) is 65.5 Å². The van der Waals surface area contributed by atoms with Gasteiger partial charge in [0, 0.05) is 6.54 Å². The van der Waals surface area contributed by atoms with Gasteiger partial charge in [0.05, 0.1) is 11.8 Å². The summed E-state index contributed by atoms with van der Waals surface area (Å²) in [4.78, 5) is 11.6. The Morgan fingerprint density at radius 3 is 2.45 bits per heavy atom. The summed E-state index contributed by atoms with van der Waals surface area (Å²) in [6.45, 7) is -0.172. The minimum atomic E-state index is -1.17. The molecule has 2 rings (SSSR count). The highest BCUT2D eigenvalue weighted by Crippen LogP contribution is 2.16. The zero-order valence-electron chi connectivity index (χ0n) is 11.3. The number of urea groups is 1. The van der Waals surface area contributed by atoms with E-state index in [-0.39, 0.29) is 12.2 Å². The summed E-state index contributed by atoms with van der Waals surface area (Å²) in [6.07, 6.45) is -1.05. The quantitative estimate of drug-likeness (QED) is 0.813. The average Bonchev–Trinajstić information content (AvgIpc) is 2.50. The molecular weight excluding hydrogens is 297 g/mol. The lowest BCUT2D eigenvalue weighted by molar-refractivity contribution is 0.175. The number of rotatable bonds is 4. The van der Waals surface area contributed by atoms with Crippen LogP contribution in [0, 0.1) is 17.5 Å². The Labute approximate surface area is 124 Å². The van der Waals surface area contributed by atoms with E-state index in [4.69, 9.17) is 0 Å². The molecule has 0 aromatic heterocycles. The number of aliphatic hydroxyl groups is 1. The van der Waals surface area contributed by atoms with Crippen molar-refractivity contribution in [2.24, 2.45) is 0 Å². The van der Waals surface area contributed by atoms with Crippen LogP contribution in [0.15, 0.2) is 42.5 Å². The van der Waals surface area contributed by atoms with Crippen LogP contribution in [0.4, 0.5) is 23.7 Å². The molecule has 0 saturated carbocycles. The second kappa shape index (κ2) is 6.95. The highest BCUT2D eigenvalue weighted by molar-refractivity contribution is 5.89. The maximum atomic E-state index is 13.4. The second-order valence-corrected chi connectivity index (χ2v) is 4.50. The number of anilines is 1. The van der Waals surface area contributed by atoms with E-state index in [1.165, 1.54) is 36.4 Å². The molecule has 7 heteroatoms. The van der Waals surface area contributed by atoms with Gasteiger partial charge in [-0.15, -0.1) is 0 Å². The lowest BCUT2D eigenvalue weighted by Crippen LogP contribution is -2.32. The Bertz CT molecular complexity index is 662. The van der Waals surface area contributed by atoms with E-state index in [2.05, 4.69) is 10.6 Å². The highest BCUT2D eigenvalue weighted by atomic mass is 19.2. The standard InChI is InChI=1S/C15H13F3N2O2/c16-10-6-4-9(5-7-10)13(21)8-19-15(22)20-12-3-1-2-11(17)14(12)18/h1-7,13,21H,8H2,(H2,19,20,22). The first kappa shape index (κ1) is 15.8. The molecule has 0 heterocycles. The van der Waals surface area contributed by atoms with Crippen LogP contribution in [0.3, 0.4) is 0 Å². The zero-order chi connectivity index (χ0) is 16.1. The molecule has 2 amide bonds. The number of halogens is 3. The van der Waals surface area contributed by atoms with Crippen molar-refractivity contribution in [1.29, 1.82) is 0 Å². The number of hydrogen-bond acceptors (Lipinski definition) is 2. The predicted molar refractivity (Wildman–Crippen MR) is 74.7 cm³/mol. The number of amides is 2. The molecule has 0 fully saturated rings. The first-order chi connectivity index (χ1) is 10.5. The van der Waals surface area contributed by atoms with Gasteiger partial charge in [0.25, 0.3) is 0 Å². The minimum absolute atomic E-state index is 0.172. The topological polar surface area (TPSA) is 61.4 Å². The van der Waals surface area contributed by atoms with Gasteiger partial charge in [-0.2, -0.15) is 0 Å². The van der Waals surface area contributed by atoms with Crippen molar-refractivity contribution in [2.75, 3.05) is 11.9 Å². The fraction of sp³-hybridized carbons (Fsp3) is 0.133. The molecule has 116 valence electrons. The van der Waals surface area contributed by atoms with Crippen LogP contribution in [0.2, 0.25) is 0 Å². The number of benzene rings is 2. The number of carbonyl (C=O) groups is 1. The third-order valence-corrected chi connectivity index (χ3v) is 2.91. The van der Waals surface area contributed by atoms with Gasteiger partial charge in [0.2, 0.25) is 0 Å². The summed E-state index contributed by atoms with van der Waals surface area (Å²) in [5, 5.41) is 14.3. The lowest BCUT2D eigenvalue weighted by Gasteiger charge is -2.13. The third kappa shape index (κ3) is 3.98. The predicted octanol–water partition coefficient (Wildman–Crippen LogP) is 2.96. The largest absolute Gasteiger partial charge is 0.387 e. The van der Waals surface area contributed by atoms with Gasteiger partial charge in [-0.25, -0.2) is 18.0 Å². The van der Waals surface area contributed by atoms with E-state index >= 15 is 0 Å². The molecule has 0 aliphatic heterocycles. The Kier molecular flexibility index (Phi) is 5.00. The van der Waals surface area contributed by atoms with Crippen LogP contribution >= 0.6 is 0 Å². The molecule has 1 unspecified atom stereocenters. The molecule has 2 aromatic rings. The van der Waals surface area contributed by atoms with Crippen LogP contribution in [-0.2, 0) is 0 Å². The van der Waals surface area contributed by atoms with Crippen molar-refractivity contribution in [2.45, 2.75) is 6.10 Å². The van der Waals surface area contributed by atoms with Crippen molar-refractivity contribution >= 4 is 11.7 Å². The molecule has 0 radical (unpaired) electrons. The highest BCUT2D eigenvalue weighted by Gasteiger charge is 2.12. The molecule has 4 nitrogen and oxygen atoms in total. The Hall–Kier alpha value is -2.54. The van der Waals surface area contributed by atoms with Crippen LogP contribution in [0.1, 0.15) is 11.7 Å². The summed E-state index contributed by atoms with van der Waals surface area (Å²) < 4.78 is 39.1. The fourth-order valence-electron chi connectivity index (χ4n) is 1.76. The molecule has 0 spiro atoms. The second-order valence-electron chi connectivity index (χ2n) is 4.50. The van der Waals surface area contributed by atoms with Crippen LogP contribution in [0.5, 0.6) is 0 Å². The van der Waals surface area contributed by atoms with Crippen LogP contribution < -0.4 is 10.6 Å². The van der Waals surface area contributed by atoms with Crippen molar-refractivity contribution < 1.29 is 23.1 Å². The Morgan fingerprint density at radius 2 is 1.77 bits per heavy atom. The summed E-state index contributed by atoms with van der Waals surface area (Å²) in [5.74, 6) is -2.69. The fourth-order valence-corrected chi connectivity index (χ4v) is 1.76. The maximum absolute atomic E-state index is 13.4. The molecule has 0 saturated heterocycles. The van der Waals surface area contributed by atoms with E-state index in [0.29, 0.717) is 5.56 Å². The Morgan fingerprint density at radius 1 is 1.09 bits per heavy atom. The number of carbonyl (C=O) groups excluding carboxylic acids is 1. The number of aliphatic hydroxyl groups excluding tert-OH is 1. The van der Waals surface area contributed by atoms with Crippen LogP contribution in [-0.4, -0.2) is 17.7 Å². The van der Waals surface area contributed by atoms with E-state index in [0.717, 1.165) is 6.07 Å². The first-order valence-electron chi connectivity index (χ1n) is 6.40. The van der Waals surface area contributed by atoms with Crippen LogP contribution in [0.25, 0.3) is 0 Å². The van der Waals surface area contributed by atoms with Crippen molar-refractivity contribution in [1.82, 2.24) is 5.32 Å². The lowest BCUT2D eigenvalue weighted by atomic mass is 10.1. The van der Waals surface area contributed by atoms with Gasteiger partial charge < -0.3 is 15.7 Å². The molecule has 22 heavy (non-hydrogen) atoms. The van der Waals surface area contributed by atoms with Gasteiger partial charge in [0.15, 0.2) is 11.6 Å². The molecular formula is C15H13F3N2O2. The van der Waals surface area contributed by atoms with Gasteiger partial charge in [-0.05, 0) is 29.8 Å². The molecule has 0 aliphatic rings. The van der Waals surface area contributed by atoms with E-state index < -0.39 is 29.6 Å². The summed E-state index contributed by atoms with van der Waals surface area (Å²) in [6, 6.07) is 7.71. The number of nitrogens with one attached hydrogen (secondary N) is 2. The molecule has 0 aliphatic carbocycles. The summed E-state index contributed by atoms with van der Waals surface area (Å²) in [7, 11) is 0.